The van der Waals surface area contributed by atoms with E-state index in [4.69, 9.17) is 9.47 Å². The average molecular weight is 394 g/mol. The summed E-state index contributed by atoms with van der Waals surface area (Å²) in [6, 6.07) is 4.09. The number of fused-ring (bicyclic) bond motifs is 4. The molecule has 9 nitrogen and oxygen atoms in total. The van der Waals surface area contributed by atoms with Crippen LogP contribution in [0.5, 0.6) is 5.75 Å². The summed E-state index contributed by atoms with van der Waals surface area (Å²) in [5, 5.41) is 20.1. The van der Waals surface area contributed by atoms with E-state index in [0.29, 0.717) is 0 Å². The van der Waals surface area contributed by atoms with Crippen LogP contribution in [0, 0.1) is 10.4 Å². The SMILES string of the molecule is CC(=O)O[C@H]1c2c(c3c(=O)c4cccc(O)c4c(=O)c=3c2=[N+]=[N-])[C@@H](O)[C@H]2O[C@]21C. The van der Waals surface area contributed by atoms with Gasteiger partial charge in [-0.2, -0.15) is 4.79 Å². The molecule has 4 aliphatic rings. The van der Waals surface area contributed by atoms with Crippen molar-refractivity contribution >= 4 is 16.7 Å². The van der Waals surface area contributed by atoms with Gasteiger partial charge in [-0.15, -0.1) is 0 Å². The van der Waals surface area contributed by atoms with Gasteiger partial charge in [-0.3, -0.25) is 14.4 Å². The molecule has 0 radical (unpaired) electrons. The first-order chi connectivity index (χ1) is 13.7. The van der Waals surface area contributed by atoms with E-state index in [1.807, 2.05) is 0 Å². The number of phenols is 1. The highest BCUT2D eigenvalue weighted by atomic mass is 16.7. The monoisotopic (exact) mass is 394 g/mol. The highest BCUT2D eigenvalue weighted by molar-refractivity contribution is 5.88. The van der Waals surface area contributed by atoms with Gasteiger partial charge in [0.15, 0.2) is 11.5 Å². The van der Waals surface area contributed by atoms with Crippen LogP contribution < -0.4 is 16.2 Å². The molecule has 2 N–H and O–H groups in total. The van der Waals surface area contributed by atoms with Gasteiger partial charge in [0.05, 0.1) is 10.9 Å². The van der Waals surface area contributed by atoms with E-state index in [0.717, 1.165) is 0 Å². The van der Waals surface area contributed by atoms with Gasteiger partial charge in [-0.25, -0.2) is 0 Å². The molecule has 0 saturated carbocycles. The molecule has 9 heteroatoms. The van der Waals surface area contributed by atoms with E-state index in [1.165, 1.54) is 25.1 Å². The summed E-state index contributed by atoms with van der Waals surface area (Å²) in [5.74, 6) is -1.03. The molecule has 0 spiro atoms. The van der Waals surface area contributed by atoms with Crippen LogP contribution in [0.2, 0.25) is 0 Å². The Kier molecular flexibility index (Phi) is 3.27. The summed E-state index contributed by atoms with van der Waals surface area (Å²) in [5.41, 5.74) is 7.41. The molecule has 0 aromatic heterocycles. The fourth-order valence-electron chi connectivity index (χ4n) is 4.62. The fourth-order valence-corrected chi connectivity index (χ4v) is 4.62. The molecule has 1 aliphatic heterocycles. The number of phenolic OH excluding ortho intramolecular Hbond substituents is 1. The van der Waals surface area contributed by atoms with Crippen molar-refractivity contribution in [1.29, 1.82) is 0 Å². The molecule has 4 atom stereocenters. The van der Waals surface area contributed by atoms with Crippen molar-refractivity contribution in [2.45, 2.75) is 37.8 Å². The van der Waals surface area contributed by atoms with Crippen molar-refractivity contribution in [3.8, 4) is 5.75 Å². The molecular weight excluding hydrogens is 380 g/mol. The predicted octanol–water partition coefficient (Wildman–Crippen LogP) is -0.195. The van der Waals surface area contributed by atoms with Crippen LogP contribution in [0.1, 0.15) is 37.2 Å². The zero-order valence-corrected chi connectivity index (χ0v) is 15.3. The molecule has 1 aromatic rings. The second-order valence-electron chi connectivity index (χ2n) is 7.54. The summed E-state index contributed by atoms with van der Waals surface area (Å²) in [4.78, 5) is 41.3. The zero-order valence-electron chi connectivity index (χ0n) is 15.3. The molecule has 1 saturated heterocycles. The molecule has 0 bridgehead atoms. The van der Waals surface area contributed by atoms with Crippen molar-refractivity contribution in [2.75, 3.05) is 0 Å². The third kappa shape index (κ3) is 1.99. The van der Waals surface area contributed by atoms with Crippen LogP contribution >= 0.6 is 0 Å². The third-order valence-corrected chi connectivity index (χ3v) is 5.91. The number of carbonyl (C=O) groups is 1. The quantitative estimate of drug-likeness (QED) is 0.251. The topological polar surface area (TPSA) is 150 Å². The minimum Gasteiger partial charge on any atom is -0.507 e. The maximum absolute atomic E-state index is 13.2. The van der Waals surface area contributed by atoms with Crippen LogP contribution in [0.25, 0.3) is 16.3 Å². The second-order valence-corrected chi connectivity index (χ2v) is 7.54. The van der Waals surface area contributed by atoms with Crippen molar-refractivity contribution < 1.29 is 29.3 Å². The van der Waals surface area contributed by atoms with Crippen molar-refractivity contribution in [1.82, 2.24) is 0 Å². The van der Waals surface area contributed by atoms with Gasteiger partial charge in [0, 0.05) is 23.1 Å². The van der Waals surface area contributed by atoms with E-state index in [2.05, 4.69) is 4.79 Å². The van der Waals surface area contributed by atoms with Crippen molar-refractivity contribution in [3.63, 3.8) is 0 Å². The number of hydrogen-bond donors (Lipinski definition) is 2. The molecule has 0 amide bonds. The lowest BCUT2D eigenvalue weighted by molar-refractivity contribution is -0.151. The minimum atomic E-state index is -1.29. The minimum absolute atomic E-state index is 0.0268. The lowest BCUT2D eigenvalue weighted by Gasteiger charge is -2.26. The van der Waals surface area contributed by atoms with Gasteiger partial charge in [-0.1, -0.05) is 12.1 Å². The zero-order chi connectivity index (χ0) is 20.8. The summed E-state index contributed by atoms with van der Waals surface area (Å²) in [6.07, 6.45) is -3.13. The molecule has 1 heterocycles. The van der Waals surface area contributed by atoms with E-state index < -0.39 is 40.7 Å². The largest absolute Gasteiger partial charge is 0.507 e. The van der Waals surface area contributed by atoms with Crippen LogP contribution in [-0.2, 0) is 14.3 Å². The Morgan fingerprint density at radius 2 is 1.97 bits per heavy atom. The van der Waals surface area contributed by atoms with E-state index >= 15 is 0 Å². The molecule has 3 aliphatic carbocycles. The Morgan fingerprint density at radius 3 is 2.62 bits per heavy atom. The first-order valence-electron chi connectivity index (χ1n) is 8.88. The highest BCUT2D eigenvalue weighted by Crippen LogP contribution is 2.57. The standard InChI is InChI=1S/C20H14N2O7/c1-6(23)28-18-13-11(17(27)19-20(18,2)29-19)10-12(14(13)22-21)16(26)9-7(15(10)25)4-3-5-8(9)24/h3-5,17-19,24,27H,1-2H3/t17-,18+,19-,20+/m1/s1. The summed E-state index contributed by atoms with van der Waals surface area (Å²) >= 11 is 0. The first kappa shape index (κ1) is 17.7. The molecule has 29 heavy (non-hydrogen) atoms. The Labute approximate surface area is 161 Å². The van der Waals surface area contributed by atoms with Gasteiger partial charge < -0.3 is 25.2 Å². The average Bonchev–Trinajstić information content (AvgIpc) is 3.25. The number of ether oxygens (including phenoxy) is 2. The molecule has 5 rings (SSSR count). The number of aliphatic hydroxyl groups excluding tert-OH is 1. The number of rotatable bonds is 1. The molecule has 0 unspecified atom stereocenters. The summed E-state index contributed by atoms with van der Waals surface area (Å²) < 4.78 is 11.0. The Balaban J connectivity index is 2.08. The maximum Gasteiger partial charge on any atom is 0.334 e. The molecule has 146 valence electrons. The van der Waals surface area contributed by atoms with E-state index in [9.17, 15) is 30.1 Å². The van der Waals surface area contributed by atoms with Gasteiger partial charge in [-0.05, 0) is 13.0 Å². The third-order valence-electron chi connectivity index (χ3n) is 5.91. The van der Waals surface area contributed by atoms with Gasteiger partial charge in [0.2, 0.25) is 5.43 Å². The Bertz CT molecular complexity index is 1500. The lowest BCUT2D eigenvalue weighted by atomic mass is 9.82. The number of aromatic hydroxyl groups is 1. The highest BCUT2D eigenvalue weighted by Gasteiger charge is 2.68. The Hall–Kier alpha value is -3.39. The van der Waals surface area contributed by atoms with Gasteiger partial charge >= 0.3 is 11.3 Å². The van der Waals surface area contributed by atoms with Crippen LogP contribution in [0.4, 0.5) is 0 Å². The van der Waals surface area contributed by atoms with Crippen LogP contribution in [-0.4, -0.2) is 32.7 Å². The second kappa shape index (κ2) is 5.36. The maximum atomic E-state index is 13.2. The number of hydrogen-bond acceptors (Lipinski definition) is 7. The van der Waals surface area contributed by atoms with Gasteiger partial charge in [0.25, 0.3) is 0 Å². The molecule has 1 aromatic carbocycles. The number of carbonyl (C=O) groups excluding carboxylic acids is 1. The number of aliphatic hydroxyl groups is 1. The normalized spacial score (nSPS) is 27.3. The molecular formula is C20H14N2O7. The van der Waals surface area contributed by atoms with Crippen LogP contribution in [0.3, 0.4) is 0 Å². The van der Waals surface area contributed by atoms with E-state index in [1.54, 1.807) is 6.92 Å². The Morgan fingerprint density at radius 1 is 1.24 bits per heavy atom. The van der Waals surface area contributed by atoms with Crippen molar-refractivity contribution in [2.24, 2.45) is 0 Å². The lowest BCUT2D eigenvalue weighted by Crippen LogP contribution is -2.36. The van der Waals surface area contributed by atoms with Crippen LogP contribution in [0.15, 0.2) is 27.8 Å². The summed E-state index contributed by atoms with van der Waals surface area (Å²) in [6.45, 7) is 2.81. The predicted molar refractivity (Wildman–Crippen MR) is 95.3 cm³/mol. The smallest absolute Gasteiger partial charge is 0.334 e. The van der Waals surface area contributed by atoms with Gasteiger partial charge in [0.1, 0.15) is 28.8 Å². The number of epoxide rings is 1. The molecule has 1 fully saturated rings. The van der Waals surface area contributed by atoms with Crippen molar-refractivity contribution in [3.05, 3.63) is 71.1 Å². The number of nitrogens with zero attached hydrogens (tertiary/aromatic N) is 2. The number of esters is 1. The fraction of sp³-hybridized carbons (Fsp3) is 0.300. The summed E-state index contributed by atoms with van der Waals surface area (Å²) in [7, 11) is 0. The van der Waals surface area contributed by atoms with E-state index in [-0.39, 0.29) is 43.4 Å². The number of benzene rings is 1. The first-order valence-corrected chi connectivity index (χ1v) is 8.88.